The van der Waals surface area contributed by atoms with Gasteiger partial charge in [-0.2, -0.15) is 0 Å². The molecule has 1 rings (SSSR count). The summed E-state index contributed by atoms with van der Waals surface area (Å²) in [5.41, 5.74) is 0. The Bertz CT molecular complexity index is 360. The lowest BCUT2D eigenvalue weighted by molar-refractivity contribution is -0.139. The molecular formula is C11H19N3O5. The van der Waals surface area contributed by atoms with Crippen LogP contribution in [0.3, 0.4) is 0 Å². The van der Waals surface area contributed by atoms with E-state index in [1.807, 2.05) is 0 Å². The van der Waals surface area contributed by atoms with Gasteiger partial charge in [-0.05, 0) is 6.42 Å². The van der Waals surface area contributed by atoms with Crippen molar-refractivity contribution >= 4 is 17.9 Å². The monoisotopic (exact) mass is 273 g/mol. The Labute approximate surface area is 111 Å². The van der Waals surface area contributed by atoms with Crippen LogP contribution in [0, 0.1) is 0 Å². The fourth-order valence-electron chi connectivity index (χ4n) is 1.79. The summed E-state index contributed by atoms with van der Waals surface area (Å²) >= 11 is 0. The normalized spacial score (nSPS) is 17.9. The molecule has 0 spiro atoms. The van der Waals surface area contributed by atoms with Gasteiger partial charge in [0.1, 0.15) is 12.6 Å². The van der Waals surface area contributed by atoms with Gasteiger partial charge in [-0.1, -0.05) is 0 Å². The lowest BCUT2D eigenvalue weighted by Gasteiger charge is -2.22. The number of hydrogen-bond acceptors (Lipinski definition) is 4. The number of nitrogens with one attached hydrogen (secondary N) is 1. The van der Waals surface area contributed by atoms with Crippen LogP contribution in [0.1, 0.15) is 12.8 Å². The second-order valence-corrected chi connectivity index (χ2v) is 4.44. The highest BCUT2D eigenvalue weighted by Gasteiger charge is 2.26. The Kier molecular flexibility index (Phi) is 5.56. The number of carboxylic acids is 1. The number of amides is 3. The van der Waals surface area contributed by atoms with E-state index in [0.717, 1.165) is 0 Å². The second-order valence-electron chi connectivity index (χ2n) is 4.44. The fourth-order valence-corrected chi connectivity index (χ4v) is 1.79. The summed E-state index contributed by atoms with van der Waals surface area (Å²) in [5, 5.41) is 19.9. The van der Waals surface area contributed by atoms with Crippen molar-refractivity contribution in [3.8, 4) is 0 Å². The first-order valence-electron chi connectivity index (χ1n) is 6.08. The maximum absolute atomic E-state index is 11.9. The molecule has 1 heterocycles. The standard InChI is InChI=1S/C11H19N3O5/c1-13-4-2-5-14(7-9(13)16)11(19)12-8(3-6-15)10(17)18/h8,15H,2-7H2,1H3,(H,12,19)(H,17,18). The number of hydrogen-bond donors (Lipinski definition) is 3. The maximum Gasteiger partial charge on any atom is 0.326 e. The first-order chi connectivity index (χ1) is 8.95. The lowest BCUT2D eigenvalue weighted by Crippen LogP contribution is -2.49. The summed E-state index contributed by atoms with van der Waals surface area (Å²) in [6, 6.07) is -1.74. The molecule has 1 unspecified atom stereocenters. The van der Waals surface area contributed by atoms with Crippen molar-refractivity contribution in [3.05, 3.63) is 0 Å². The smallest absolute Gasteiger partial charge is 0.326 e. The summed E-state index contributed by atoms with van der Waals surface area (Å²) in [5.74, 6) is -1.39. The number of aliphatic hydroxyl groups excluding tert-OH is 1. The lowest BCUT2D eigenvalue weighted by atomic mass is 10.2. The van der Waals surface area contributed by atoms with Gasteiger partial charge in [-0.25, -0.2) is 9.59 Å². The van der Waals surface area contributed by atoms with Gasteiger partial charge in [0.05, 0.1) is 0 Å². The maximum atomic E-state index is 11.9. The van der Waals surface area contributed by atoms with Gasteiger partial charge >= 0.3 is 12.0 Å². The van der Waals surface area contributed by atoms with Crippen LogP contribution in [-0.4, -0.2) is 77.3 Å². The predicted octanol–water partition coefficient (Wildman–Crippen LogP) is -1.30. The number of likely N-dealkylation sites (N-methyl/N-ethyl adjacent to an activating group) is 1. The van der Waals surface area contributed by atoms with Crippen LogP contribution in [0.4, 0.5) is 4.79 Å². The molecule has 8 nitrogen and oxygen atoms in total. The van der Waals surface area contributed by atoms with Crippen LogP contribution in [0.2, 0.25) is 0 Å². The molecule has 0 aromatic rings. The van der Waals surface area contributed by atoms with Crippen molar-refractivity contribution in [3.63, 3.8) is 0 Å². The third kappa shape index (κ3) is 4.40. The molecule has 1 aliphatic rings. The third-order valence-corrected chi connectivity index (χ3v) is 2.97. The van der Waals surface area contributed by atoms with Crippen molar-refractivity contribution < 1.29 is 24.6 Å². The Morgan fingerprint density at radius 2 is 2.11 bits per heavy atom. The van der Waals surface area contributed by atoms with Crippen LogP contribution in [0.15, 0.2) is 0 Å². The zero-order chi connectivity index (χ0) is 14.4. The molecule has 0 aliphatic carbocycles. The Balaban J connectivity index is 2.60. The molecule has 0 bridgehead atoms. The van der Waals surface area contributed by atoms with E-state index in [9.17, 15) is 14.4 Å². The number of carboxylic acid groups (broad SMARTS) is 1. The number of nitrogens with zero attached hydrogens (tertiary/aromatic N) is 2. The Hall–Kier alpha value is -1.83. The largest absolute Gasteiger partial charge is 0.480 e. The van der Waals surface area contributed by atoms with Crippen LogP contribution in [-0.2, 0) is 9.59 Å². The molecule has 1 atom stereocenters. The van der Waals surface area contributed by atoms with Gasteiger partial charge < -0.3 is 25.3 Å². The molecule has 0 radical (unpaired) electrons. The number of urea groups is 1. The van der Waals surface area contributed by atoms with Crippen molar-refractivity contribution in [2.24, 2.45) is 0 Å². The highest BCUT2D eigenvalue weighted by Crippen LogP contribution is 2.04. The number of carbonyl (C=O) groups excluding carboxylic acids is 2. The summed E-state index contributed by atoms with van der Waals surface area (Å²) in [7, 11) is 1.66. The Morgan fingerprint density at radius 3 is 2.68 bits per heavy atom. The molecular weight excluding hydrogens is 254 g/mol. The van der Waals surface area contributed by atoms with Gasteiger partial charge in [0.15, 0.2) is 0 Å². The first kappa shape index (κ1) is 15.2. The van der Waals surface area contributed by atoms with Gasteiger partial charge in [-0.15, -0.1) is 0 Å². The average molecular weight is 273 g/mol. The zero-order valence-corrected chi connectivity index (χ0v) is 10.8. The van der Waals surface area contributed by atoms with E-state index in [1.54, 1.807) is 7.05 Å². The summed E-state index contributed by atoms with van der Waals surface area (Å²) in [6.45, 7) is 0.571. The van der Waals surface area contributed by atoms with E-state index in [2.05, 4.69) is 5.32 Å². The zero-order valence-electron chi connectivity index (χ0n) is 10.8. The topological polar surface area (TPSA) is 110 Å². The molecule has 0 aromatic carbocycles. The van der Waals surface area contributed by atoms with E-state index < -0.39 is 18.0 Å². The molecule has 0 aromatic heterocycles. The summed E-state index contributed by atoms with van der Waals surface area (Å²) in [4.78, 5) is 37.2. The second kappa shape index (κ2) is 6.93. The van der Waals surface area contributed by atoms with Crippen LogP contribution in [0.5, 0.6) is 0 Å². The van der Waals surface area contributed by atoms with Crippen molar-refractivity contribution in [1.29, 1.82) is 0 Å². The summed E-state index contributed by atoms with van der Waals surface area (Å²) in [6.07, 6.45) is 0.580. The van der Waals surface area contributed by atoms with E-state index in [4.69, 9.17) is 10.2 Å². The number of carbonyl (C=O) groups is 3. The van der Waals surface area contributed by atoms with Gasteiger partial charge in [0.25, 0.3) is 0 Å². The van der Waals surface area contributed by atoms with Crippen LogP contribution >= 0.6 is 0 Å². The Morgan fingerprint density at radius 1 is 1.42 bits per heavy atom. The van der Waals surface area contributed by atoms with Crippen LogP contribution in [0.25, 0.3) is 0 Å². The van der Waals surface area contributed by atoms with E-state index in [0.29, 0.717) is 19.5 Å². The SMILES string of the molecule is CN1CCCN(C(=O)NC(CCO)C(=O)O)CC1=O. The van der Waals surface area contributed by atoms with E-state index in [-0.39, 0.29) is 25.5 Å². The minimum atomic E-state index is -1.21. The molecule has 1 saturated heterocycles. The van der Waals surface area contributed by atoms with E-state index >= 15 is 0 Å². The quantitative estimate of drug-likeness (QED) is 0.589. The van der Waals surface area contributed by atoms with E-state index in [1.165, 1.54) is 9.80 Å². The number of rotatable bonds is 4. The minimum Gasteiger partial charge on any atom is -0.480 e. The van der Waals surface area contributed by atoms with Crippen molar-refractivity contribution in [2.45, 2.75) is 18.9 Å². The third-order valence-electron chi connectivity index (χ3n) is 2.97. The molecule has 108 valence electrons. The molecule has 3 amide bonds. The van der Waals surface area contributed by atoms with Crippen molar-refractivity contribution in [1.82, 2.24) is 15.1 Å². The van der Waals surface area contributed by atoms with Crippen molar-refractivity contribution in [2.75, 3.05) is 33.3 Å². The summed E-state index contributed by atoms with van der Waals surface area (Å²) < 4.78 is 0. The molecule has 1 aliphatic heterocycles. The molecule has 19 heavy (non-hydrogen) atoms. The number of aliphatic hydroxyl groups is 1. The van der Waals surface area contributed by atoms with Crippen LogP contribution < -0.4 is 5.32 Å². The van der Waals surface area contributed by atoms with Gasteiger partial charge in [0.2, 0.25) is 5.91 Å². The first-order valence-corrected chi connectivity index (χ1v) is 6.08. The minimum absolute atomic E-state index is 0.0617. The molecule has 0 saturated carbocycles. The molecule has 3 N–H and O–H groups in total. The van der Waals surface area contributed by atoms with Gasteiger partial charge in [-0.3, -0.25) is 4.79 Å². The molecule has 1 fully saturated rings. The predicted molar refractivity (Wildman–Crippen MR) is 65.5 cm³/mol. The highest BCUT2D eigenvalue weighted by atomic mass is 16.4. The average Bonchev–Trinajstić information content (AvgIpc) is 2.51. The number of aliphatic carboxylic acids is 1. The van der Waals surface area contributed by atoms with Gasteiger partial charge in [0, 0.05) is 33.2 Å². The highest BCUT2D eigenvalue weighted by molar-refractivity contribution is 5.86. The molecule has 8 heteroatoms. The fraction of sp³-hybridized carbons (Fsp3) is 0.727.